The molecule has 2 N–H and O–H groups in total. The topological polar surface area (TPSA) is 92.3 Å². The van der Waals surface area contributed by atoms with Crippen molar-refractivity contribution in [2.24, 2.45) is 0 Å². The Kier molecular flexibility index (Phi) is 5.05. The minimum Gasteiger partial charge on any atom is -0.355 e. The molecule has 0 aliphatic rings. The van der Waals surface area contributed by atoms with E-state index in [-0.39, 0.29) is 22.9 Å². The van der Waals surface area contributed by atoms with Crippen molar-refractivity contribution in [2.75, 3.05) is 19.3 Å². The largest absolute Gasteiger partial charge is 0.355 e. The highest BCUT2D eigenvalue weighted by molar-refractivity contribution is 7.90. The smallest absolute Gasteiger partial charge is 0.252 e. The molecule has 0 radical (unpaired) electrons. The lowest BCUT2D eigenvalue weighted by molar-refractivity contribution is -0.118. The Labute approximate surface area is 112 Å². The Morgan fingerprint density at radius 3 is 2.26 bits per heavy atom. The molecular weight excluding hydrogens is 268 g/mol. The number of carbonyl (C=O) groups excluding carboxylic acids is 2. The zero-order valence-electron chi connectivity index (χ0n) is 10.8. The minimum absolute atomic E-state index is 0.00738. The van der Waals surface area contributed by atoms with E-state index in [1.165, 1.54) is 19.1 Å². The summed E-state index contributed by atoms with van der Waals surface area (Å²) in [6.07, 6.45) is 1.05. The molecule has 0 heterocycles. The molecule has 0 aromatic heterocycles. The lowest BCUT2D eigenvalue weighted by Gasteiger charge is -2.09. The minimum atomic E-state index is -3.45. The van der Waals surface area contributed by atoms with E-state index in [9.17, 15) is 18.0 Å². The SMILES string of the molecule is CC(=O)NCCNC(=O)c1ccccc1S(C)(=O)=O. The van der Waals surface area contributed by atoms with Crippen LogP contribution < -0.4 is 10.6 Å². The normalized spacial score (nSPS) is 10.8. The third kappa shape index (κ3) is 4.70. The fourth-order valence-corrected chi connectivity index (χ4v) is 2.37. The molecule has 104 valence electrons. The van der Waals surface area contributed by atoms with E-state index in [2.05, 4.69) is 10.6 Å². The second kappa shape index (κ2) is 6.33. The first-order chi connectivity index (χ1) is 8.82. The van der Waals surface area contributed by atoms with Crippen molar-refractivity contribution in [1.82, 2.24) is 10.6 Å². The maximum atomic E-state index is 11.9. The summed E-state index contributed by atoms with van der Waals surface area (Å²) in [4.78, 5) is 22.5. The van der Waals surface area contributed by atoms with Gasteiger partial charge in [-0.15, -0.1) is 0 Å². The quantitative estimate of drug-likeness (QED) is 0.742. The summed E-state index contributed by atoms with van der Waals surface area (Å²) in [5.41, 5.74) is 0.104. The van der Waals surface area contributed by atoms with Crippen molar-refractivity contribution < 1.29 is 18.0 Å². The summed E-state index contributed by atoms with van der Waals surface area (Å²) < 4.78 is 23.1. The van der Waals surface area contributed by atoms with Crippen LogP contribution in [0.2, 0.25) is 0 Å². The van der Waals surface area contributed by atoms with E-state index in [1.807, 2.05) is 0 Å². The summed E-state index contributed by atoms with van der Waals surface area (Å²) in [5, 5.41) is 5.07. The molecule has 0 fully saturated rings. The van der Waals surface area contributed by atoms with Gasteiger partial charge in [0.05, 0.1) is 10.5 Å². The maximum Gasteiger partial charge on any atom is 0.252 e. The van der Waals surface area contributed by atoms with Crippen LogP contribution in [0.3, 0.4) is 0 Å². The third-order valence-electron chi connectivity index (χ3n) is 2.32. The van der Waals surface area contributed by atoms with Gasteiger partial charge in [-0.05, 0) is 12.1 Å². The van der Waals surface area contributed by atoms with Gasteiger partial charge in [0.2, 0.25) is 5.91 Å². The summed E-state index contributed by atoms with van der Waals surface area (Å²) in [5.74, 6) is -0.669. The molecule has 0 aliphatic carbocycles. The molecule has 0 aliphatic heterocycles. The molecule has 19 heavy (non-hydrogen) atoms. The van der Waals surface area contributed by atoms with Gasteiger partial charge >= 0.3 is 0 Å². The number of nitrogens with one attached hydrogen (secondary N) is 2. The van der Waals surface area contributed by atoms with Gasteiger partial charge in [-0.3, -0.25) is 9.59 Å². The van der Waals surface area contributed by atoms with Crippen LogP contribution in [0.5, 0.6) is 0 Å². The van der Waals surface area contributed by atoms with E-state index in [0.29, 0.717) is 6.54 Å². The Balaban J connectivity index is 2.75. The summed E-state index contributed by atoms with van der Waals surface area (Å²) in [7, 11) is -3.45. The van der Waals surface area contributed by atoms with Crippen LogP contribution in [-0.4, -0.2) is 39.6 Å². The molecule has 0 saturated heterocycles. The molecule has 0 bridgehead atoms. The van der Waals surface area contributed by atoms with E-state index in [1.54, 1.807) is 12.1 Å². The van der Waals surface area contributed by atoms with Crippen molar-refractivity contribution in [2.45, 2.75) is 11.8 Å². The molecule has 1 aromatic rings. The average molecular weight is 284 g/mol. The monoisotopic (exact) mass is 284 g/mol. The highest BCUT2D eigenvalue weighted by Crippen LogP contribution is 2.14. The van der Waals surface area contributed by atoms with Crippen molar-refractivity contribution in [3.63, 3.8) is 0 Å². The molecule has 6 nitrogen and oxygen atoms in total. The van der Waals surface area contributed by atoms with Crippen LogP contribution >= 0.6 is 0 Å². The molecule has 1 aromatic carbocycles. The first kappa shape index (κ1) is 15.2. The fraction of sp³-hybridized carbons (Fsp3) is 0.333. The first-order valence-electron chi connectivity index (χ1n) is 5.64. The lowest BCUT2D eigenvalue weighted by Crippen LogP contribution is -2.34. The molecule has 0 spiro atoms. The van der Waals surface area contributed by atoms with E-state index in [0.717, 1.165) is 6.26 Å². The van der Waals surface area contributed by atoms with Crippen molar-refractivity contribution >= 4 is 21.7 Å². The zero-order valence-corrected chi connectivity index (χ0v) is 11.6. The Morgan fingerprint density at radius 1 is 1.11 bits per heavy atom. The number of benzene rings is 1. The molecule has 7 heteroatoms. The first-order valence-corrected chi connectivity index (χ1v) is 7.53. The maximum absolute atomic E-state index is 11.9. The highest BCUT2D eigenvalue weighted by Gasteiger charge is 2.17. The van der Waals surface area contributed by atoms with Gasteiger partial charge in [0, 0.05) is 26.3 Å². The van der Waals surface area contributed by atoms with Gasteiger partial charge in [0.1, 0.15) is 0 Å². The van der Waals surface area contributed by atoms with Crippen LogP contribution in [0.4, 0.5) is 0 Å². The van der Waals surface area contributed by atoms with Gasteiger partial charge in [-0.2, -0.15) is 0 Å². The van der Waals surface area contributed by atoms with Gasteiger partial charge in [0.15, 0.2) is 9.84 Å². The van der Waals surface area contributed by atoms with Crippen LogP contribution in [0.25, 0.3) is 0 Å². The number of rotatable bonds is 5. The van der Waals surface area contributed by atoms with Gasteiger partial charge < -0.3 is 10.6 Å². The van der Waals surface area contributed by atoms with E-state index in [4.69, 9.17) is 0 Å². The summed E-state index contributed by atoms with van der Waals surface area (Å²) >= 11 is 0. The summed E-state index contributed by atoms with van der Waals surface area (Å²) in [6.45, 7) is 1.90. The standard InChI is InChI=1S/C12H16N2O4S/c1-9(15)13-7-8-14-12(16)10-5-3-4-6-11(10)19(2,17)18/h3-6H,7-8H2,1-2H3,(H,13,15)(H,14,16). The molecular formula is C12H16N2O4S. The Morgan fingerprint density at radius 2 is 1.68 bits per heavy atom. The zero-order chi connectivity index (χ0) is 14.5. The average Bonchev–Trinajstić information content (AvgIpc) is 2.33. The molecule has 2 amide bonds. The predicted molar refractivity (Wildman–Crippen MR) is 70.6 cm³/mol. The van der Waals surface area contributed by atoms with Crippen LogP contribution in [-0.2, 0) is 14.6 Å². The number of carbonyl (C=O) groups is 2. The molecule has 0 atom stereocenters. The second-order valence-corrected chi connectivity index (χ2v) is 5.99. The fourth-order valence-electron chi connectivity index (χ4n) is 1.49. The van der Waals surface area contributed by atoms with Crippen LogP contribution in [0.1, 0.15) is 17.3 Å². The van der Waals surface area contributed by atoms with Crippen molar-refractivity contribution in [3.8, 4) is 0 Å². The van der Waals surface area contributed by atoms with E-state index < -0.39 is 15.7 Å². The summed E-state index contributed by atoms with van der Waals surface area (Å²) in [6, 6.07) is 5.99. The van der Waals surface area contributed by atoms with Gasteiger partial charge in [0.25, 0.3) is 5.91 Å². The van der Waals surface area contributed by atoms with E-state index >= 15 is 0 Å². The van der Waals surface area contributed by atoms with Crippen LogP contribution in [0.15, 0.2) is 29.2 Å². The third-order valence-corrected chi connectivity index (χ3v) is 3.47. The lowest BCUT2D eigenvalue weighted by atomic mass is 10.2. The highest BCUT2D eigenvalue weighted by atomic mass is 32.2. The van der Waals surface area contributed by atoms with Crippen molar-refractivity contribution in [3.05, 3.63) is 29.8 Å². The number of hydrogen-bond acceptors (Lipinski definition) is 4. The molecule has 0 unspecified atom stereocenters. The van der Waals surface area contributed by atoms with Crippen LogP contribution in [0, 0.1) is 0 Å². The molecule has 0 saturated carbocycles. The van der Waals surface area contributed by atoms with Crippen molar-refractivity contribution in [1.29, 1.82) is 0 Å². The number of hydrogen-bond donors (Lipinski definition) is 2. The Bertz CT molecular complexity index is 581. The number of sulfone groups is 1. The van der Waals surface area contributed by atoms with Gasteiger partial charge in [-0.25, -0.2) is 8.42 Å². The second-order valence-electron chi connectivity index (χ2n) is 4.01. The molecule has 1 rings (SSSR count). The predicted octanol–water partition coefficient (Wildman–Crippen LogP) is -0.0440. The number of amides is 2. The Hall–Kier alpha value is -1.89. The van der Waals surface area contributed by atoms with Gasteiger partial charge in [-0.1, -0.05) is 12.1 Å².